The van der Waals surface area contributed by atoms with Crippen LogP contribution in [0.25, 0.3) is 5.69 Å². The third-order valence-electron chi connectivity index (χ3n) is 5.07. The maximum Gasteiger partial charge on any atom is 0.306 e. The summed E-state index contributed by atoms with van der Waals surface area (Å²) in [5.41, 5.74) is 6.23. The maximum absolute atomic E-state index is 11.1. The van der Waals surface area contributed by atoms with Crippen LogP contribution in [0.5, 0.6) is 5.75 Å². The Kier molecular flexibility index (Phi) is 6.37. The van der Waals surface area contributed by atoms with Gasteiger partial charge in [0, 0.05) is 0 Å². The Balaban J connectivity index is 1.74. The van der Waals surface area contributed by atoms with Gasteiger partial charge in [-0.15, -0.1) is 0 Å². The highest BCUT2D eigenvalue weighted by Crippen LogP contribution is 2.23. The van der Waals surface area contributed by atoms with E-state index in [2.05, 4.69) is 36.3 Å². The highest BCUT2D eigenvalue weighted by molar-refractivity contribution is 5.69. The number of hydrogen-bond acceptors (Lipinski definition) is 3. The smallest absolute Gasteiger partial charge is 0.306 e. The first-order chi connectivity index (χ1) is 13.9. The molecule has 0 aliphatic carbocycles. The lowest BCUT2D eigenvalue weighted by Gasteiger charge is -2.13. The molecule has 0 aliphatic rings. The van der Waals surface area contributed by atoms with Gasteiger partial charge in [-0.05, 0) is 67.6 Å². The molecule has 1 N–H and O–H groups in total. The first kappa shape index (κ1) is 20.6. The minimum absolute atomic E-state index is 0.405. The highest BCUT2D eigenvalue weighted by atomic mass is 16.5. The minimum atomic E-state index is -0.779. The average Bonchev–Trinajstić information content (AvgIpc) is 3.08. The number of carboxylic acid groups (broad SMARTS) is 1. The van der Waals surface area contributed by atoms with E-state index in [0.717, 1.165) is 40.4 Å². The molecule has 5 heteroatoms. The van der Waals surface area contributed by atoms with Crippen molar-refractivity contribution in [1.29, 1.82) is 0 Å². The summed E-state index contributed by atoms with van der Waals surface area (Å²) in [4.78, 5) is 11.1. The number of aliphatic carboxylic acids is 1. The molecular formula is C24H28N2O3. The van der Waals surface area contributed by atoms with Crippen molar-refractivity contribution in [3.05, 3.63) is 76.6 Å². The van der Waals surface area contributed by atoms with Crippen molar-refractivity contribution >= 4 is 5.97 Å². The fourth-order valence-corrected chi connectivity index (χ4v) is 3.35. The molecule has 0 amide bonds. The number of aromatic nitrogens is 2. The largest absolute Gasteiger partial charge is 0.487 e. The SMILES string of the molecule is CCc1ccc(-n2nc(C)cc2COc2ccc(CC(C)C(=O)O)cc2C)cc1. The van der Waals surface area contributed by atoms with Crippen LogP contribution in [0.3, 0.4) is 0 Å². The number of carbonyl (C=O) groups is 1. The second-order valence-corrected chi connectivity index (χ2v) is 7.54. The number of benzene rings is 2. The van der Waals surface area contributed by atoms with E-state index in [1.807, 2.05) is 42.8 Å². The summed E-state index contributed by atoms with van der Waals surface area (Å²) in [5, 5.41) is 13.7. The molecule has 0 saturated heterocycles. The van der Waals surface area contributed by atoms with Crippen molar-refractivity contribution in [2.45, 2.75) is 47.1 Å². The molecule has 0 spiro atoms. The number of hydrogen-bond donors (Lipinski definition) is 1. The number of ether oxygens (including phenoxy) is 1. The zero-order valence-electron chi connectivity index (χ0n) is 17.5. The molecule has 1 unspecified atom stereocenters. The summed E-state index contributed by atoms with van der Waals surface area (Å²) < 4.78 is 8.00. The van der Waals surface area contributed by atoms with Crippen molar-refractivity contribution < 1.29 is 14.6 Å². The van der Waals surface area contributed by atoms with Gasteiger partial charge in [-0.3, -0.25) is 4.79 Å². The predicted octanol–water partition coefficient (Wildman–Crippen LogP) is 4.89. The van der Waals surface area contributed by atoms with Crippen LogP contribution in [-0.2, 0) is 24.2 Å². The van der Waals surface area contributed by atoms with Gasteiger partial charge in [-0.2, -0.15) is 5.10 Å². The van der Waals surface area contributed by atoms with Crippen LogP contribution in [0.1, 0.15) is 41.9 Å². The molecule has 152 valence electrons. The number of carboxylic acids is 1. The molecule has 0 radical (unpaired) electrons. The summed E-state index contributed by atoms with van der Waals surface area (Å²) >= 11 is 0. The third-order valence-corrected chi connectivity index (χ3v) is 5.07. The van der Waals surface area contributed by atoms with Gasteiger partial charge in [-0.1, -0.05) is 38.1 Å². The summed E-state index contributed by atoms with van der Waals surface area (Å²) in [6, 6.07) is 16.3. The van der Waals surface area contributed by atoms with Crippen LogP contribution >= 0.6 is 0 Å². The van der Waals surface area contributed by atoms with E-state index in [1.165, 1.54) is 5.56 Å². The first-order valence-corrected chi connectivity index (χ1v) is 9.97. The average molecular weight is 392 g/mol. The summed E-state index contributed by atoms with van der Waals surface area (Å²) in [7, 11) is 0. The van der Waals surface area contributed by atoms with Crippen molar-refractivity contribution in [1.82, 2.24) is 9.78 Å². The molecular weight excluding hydrogens is 364 g/mol. The van der Waals surface area contributed by atoms with Crippen LogP contribution in [0.15, 0.2) is 48.5 Å². The minimum Gasteiger partial charge on any atom is -0.487 e. The molecule has 3 aromatic rings. The van der Waals surface area contributed by atoms with E-state index in [4.69, 9.17) is 9.84 Å². The zero-order chi connectivity index (χ0) is 21.0. The van der Waals surface area contributed by atoms with E-state index in [0.29, 0.717) is 13.0 Å². The molecule has 1 aromatic heterocycles. The quantitative estimate of drug-likeness (QED) is 0.593. The van der Waals surface area contributed by atoms with E-state index in [9.17, 15) is 4.79 Å². The fraction of sp³-hybridized carbons (Fsp3) is 0.333. The molecule has 29 heavy (non-hydrogen) atoms. The van der Waals surface area contributed by atoms with Gasteiger partial charge in [0.05, 0.1) is 23.0 Å². The molecule has 0 fully saturated rings. The van der Waals surface area contributed by atoms with Gasteiger partial charge < -0.3 is 9.84 Å². The molecule has 0 aliphatic heterocycles. The molecule has 0 bridgehead atoms. The van der Waals surface area contributed by atoms with Crippen LogP contribution in [0.2, 0.25) is 0 Å². The Bertz CT molecular complexity index is 990. The van der Waals surface area contributed by atoms with E-state index >= 15 is 0 Å². The zero-order valence-corrected chi connectivity index (χ0v) is 17.5. The lowest BCUT2D eigenvalue weighted by atomic mass is 9.99. The third kappa shape index (κ3) is 5.05. The Morgan fingerprint density at radius 3 is 2.41 bits per heavy atom. The molecule has 3 rings (SSSR count). The molecule has 1 heterocycles. The second kappa shape index (κ2) is 8.95. The van der Waals surface area contributed by atoms with Crippen molar-refractivity contribution in [2.24, 2.45) is 5.92 Å². The van der Waals surface area contributed by atoms with E-state index < -0.39 is 11.9 Å². The highest BCUT2D eigenvalue weighted by Gasteiger charge is 2.13. The van der Waals surface area contributed by atoms with Gasteiger partial charge in [0.25, 0.3) is 0 Å². The summed E-state index contributed by atoms with van der Waals surface area (Å²) in [6.07, 6.45) is 1.52. The fourth-order valence-electron chi connectivity index (χ4n) is 3.35. The van der Waals surface area contributed by atoms with Gasteiger partial charge >= 0.3 is 5.97 Å². The Morgan fingerprint density at radius 2 is 1.79 bits per heavy atom. The van der Waals surface area contributed by atoms with Gasteiger partial charge in [0.2, 0.25) is 0 Å². The number of nitrogens with zero attached hydrogens (tertiary/aromatic N) is 2. The Hall–Kier alpha value is -3.08. The predicted molar refractivity (Wildman–Crippen MR) is 114 cm³/mol. The Labute approximate surface area is 172 Å². The molecule has 5 nitrogen and oxygen atoms in total. The summed E-state index contributed by atoms with van der Waals surface area (Å²) in [6.45, 7) is 8.23. The Morgan fingerprint density at radius 1 is 1.10 bits per heavy atom. The first-order valence-electron chi connectivity index (χ1n) is 9.97. The van der Waals surface area contributed by atoms with Gasteiger partial charge in [-0.25, -0.2) is 4.68 Å². The van der Waals surface area contributed by atoms with Crippen molar-refractivity contribution in [2.75, 3.05) is 0 Å². The maximum atomic E-state index is 11.1. The van der Waals surface area contributed by atoms with Gasteiger partial charge in [0.1, 0.15) is 12.4 Å². The van der Waals surface area contributed by atoms with Crippen LogP contribution in [0, 0.1) is 19.8 Å². The topological polar surface area (TPSA) is 64.4 Å². The lowest BCUT2D eigenvalue weighted by Crippen LogP contribution is -2.12. The normalized spacial score (nSPS) is 12.0. The van der Waals surface area contributed by atoms with E-state index in [-0.39, 0.29) is 0 Å². The standard InChI is InChI=1S/C24H28N2O3/c1-5-19-6-9-21(10-7-19)26-22(14-18(4)25-26)15-29-23-11-8-20(12-16(23)2)13-17(3)24(27)28/h6-12,14,17H,5,13,15H2,1-4H3,(H,27,28). The monoisotopic (exact) mass is 392 g/mol. The second-order valence-electron chi connectivity index (χ2n) is 7.54. The van der Waals surface area contributed by atoms with Gasteiger partial charge in [0.15, 0.2) is 0 Å². The number of rotatable bonds is 8. The van der Waals surface area contributed by atoms with Crippen molar-refractivity contribution in [3.8, 4) is 11.4 Å². The van der Waals surface area contributed by atoms with Crippen LogP contribution < -0.4 is 4.74 Å². The van der Waals surface area contributed by atoms with Crippen molar-refractivity contribution in [3.63, 3.8) is 0 Å². The molecule has 2 aromatic carbocycles. The lowest BCUT2D eigenvalue weighted by molar-refractivity contribution is -0.141. The molecule has 1 atom stereocenters. The van der Waals surface area contributed by atoms with E-state index in [1.54, 1.807) is 6.92 Å². The molecule has 0 saturated carbocycles. The van der Waals surface area contributed by atoms with Crippen LogP contribution in [0.4, 0.5) is 0 Å². The summed E-state index contributed by atoms with van der Waals surface area (Å²) in [5.74, 6) is -0.389. The van der Waals surface area contributed by atoms with Crippen LogP contribution in [-0.4, -0.2) is 20.9 Å². The number of aryl methyl sites for hydroxylation is 3.